The second-order valence-corrected chi connectivity index (χ2v) is 11.3. The van der Waals surface area contributed by atoms with Crippen LogP contribution in [0.1, 0.15) is 57.6 Å². The lowest BCUT2D eigenvalue weighted by molar-refractivity contribution is -0.136. The molecule has 44 heavy (non-hydrogen) atoms. The summed E-state index contributed by atoms with van der Waals surface area (Å²) in [7, 11) is 2.93. The Morgan fingerprint density at radius 2 is 1.68 bits per heavy atom. The highest BCUT2D eigenvalue weighted by molar-refractivity contribution is 5.92. The molecule has 3 aromatic rings. The number of benzene rings is 1. The summed E-state index contributed by atoms with van der Waals surface area (Å²) in [6, 6.07) is 10.2. The molecule has 0 radical (unpaired) electrons. The van der Waals surface area contributed by atoms with Crippen LogP contribution in [0.15, 0.2) is 66.3 Å². The second-order valence-electron chi connectivity index (χ2n) is 11.3. The fraction of sp³-hybridized carbons (Fsp3) is 0.406. The fourth-order valence-electron chi connectivity index (χ4n) is 4.59. The Balaban J connectivity index is 1.45. The Bertz CT molecular complexity index is 1470. The minimum Gasteiger partial charge on any atom is -0.497 e. The quantitative estimate of drug-likeness (QED) is 0.304. The number of alkyl carbamates (subject to hydrolysis) is 1. The molecule has 1 unspecified atom stereocenters. The van der Waals surface area contributed by atoms with E-state index in [1.54, 1.807) is 63.3 Å². The van der Waals surface area contributed by atoms with Crippen LogP contribution in [0.2, 0.25) is 0 Å². The first-order chi connectivity index (χ1) is 21.0. The van der Waals surface area contributed by atoms with Gasteiger partial charge in [-0.05, 0) is 81.8 Å². The topological polar surface area (TPSA) is 143 Å². The van der Waals surface area contributed by atoms with Crippen molar-refractivity contribution in [3.05, 3.63) is 77.4 Å². The Morgan fingerprint density at radius 1 is 0.955 bits per heavy atom. The van der Waals surface area contributed by atoms with Gasteiger partial charge in [0, 0.05) is 18.3 Å². The summed E-state index contributed by atoms with van der Waals surface area (Å²) in [5, 5.41) is 9.92. The number of nitrogens with zero attached hydrogens (tertiary/aromatic N) is 3. The summed E-state index contributed by atoms with van der Waals surface area (Å²) in [6.07, 6.45) is 7.02. The highest BCUT2D eigenvalue weighted by Gasteiger charge is 2.28. The van der Waals surface area contributed by atoms with E-state index in [9.17, 15) is 14.4 Å². The molecule has 2 N–H and O–H groups in total. The van der Waals surface area contributed by atoms with E-state index in [1.165, 1.54) is 7.11 Å². The van der Waals surface area contributed by atoms with Crippen molar-refractivity contribution in [3.63, 3.8) is 0 Å². The molecule has 1 aliphatic carbocycles. The standard InChI is InChI=1S/C32H39N5O7/c1-32(2,3)44-31(40)36-27(29(38)35-26-9-7-6-8-25(26)30(39)42-5)16-22-17-34-37(19-22)28-15-14-24(18-33-28)43-20-21-10-12-23(41-4)13-11-21/h10-15,17-19,27H,6-9,16,20H2,1-5H3,(H,35,38)(H,36,40). The van der Waals surface area contributed by atoms with Gasteiger partial charge in [0.05, 0.1) is 32.2 Å². The number of ether oxygens (including phenoxy) is 4. The van der Waals surface area contributed by atoms with Gasteiger partial charge in [0.1, 0.15) is 29.7 Å². The van der Waals surface area contributed by atoms with Gasteiger partial charge in [0.25, 0.3) is 0 Å². The summed E-state index contributed by atoms with van der Waals surface area (Å²) in [5.74, 6) is 0.976. The number of nitrogens with one attached hydrogen (secondary N) is 2. The Labute approximate surface area is 256 Å². The van der Waals surface area contributed by atoms with Gasteiger partial charge in [0.2, 0.25) is 5.91 Å². The number of pyridine rings is 1. The molecule has 2 aromatic heterocycles. The summed E-state index contributed by atoms with van der Waals surface area (Å²) in [5.41, 5.74) is 1.87. The van der Waals surface area contributed by atoms with Crippen LogP contribution >= 0.6 is 0 Å². The molecule has 1 atom stereocenters. The van der Waals surface area contributed by atoms with Crippen molar-refractivity contribution in [1.29, 1.82) is 0 Å². The van der Waals surface area contributed by atoms with E-state index < -0.39 is 29.6 Å². The molecular formula is C32H39N5O7. The third-order valence-corrected chi connectivity index (χ3v) is 6.78. The SMILES string of the molecule is COC(=O)C1=C(NC(=O)C(Cc2cnn(-c3ccc(OCc4ccc(OC)cc4)cn3)c2)NC(=O)OC(C)(C)C)CCCC1. The van der Waals surface area contributed by atoms with E-state index in [-0.39, 0.29) is 6.42 Å². The van der Waals surface area contributed by atoms with Gasteiger partial charge in [-0.3, -0.25) is 4.79 Å². The van der Waals surface area contributed by atoms with Crippen LogP contribution in [-0.2, 0) is 32.1 Å². The first-order valence-corrected chi connectivity index (χ1v) is 14.4. The number of aromatic nitrogens is 3. The molecule has 0 saturated heterocycles. The maximum Gasteiger partial charge on any atom is 0.408 e. The smallest absolute Gasteiger partial charge is 0.408 e. The van der Waals surface area contributed by atoms with Gasteiger partial charge in [-0.1, -0.05) is 12.1 Å². The Hall–Kier alpha value is -4.87. The average molecular weight is 606 g/mol. The second kappa shape index (κ2) is 14.5. The summed E-state index contributed by atoms with van der Waals surface area (Å²) in [6.45, 7) is 5.60. The molecule has 0 fully saturated rings. The van der Waals surface area contributed by atoms with Crippen LogP contribution in [0.3, 0.4) is 0 Å². The number of methoxy groups -OCH3 is 2. The number of amides is 2. The lowest BCUT2D eigenvalue weighted by Crippen LogP contribution is -2.49. The molecule has 0 bridgehead atoms. The molecule has 12 heteroatoms. The van der Waals surface area contributed by atoms with Crippen LogP contribution in [0.25, 0.3) is 5.82 Å². The lowest BCUT2D eigenvalue weighted by Gasteiger charge is -2.25. The minimum absolute atomic E-state index is 0.120. The van der Waals surface area contributed by atoms with E-state index in [2.05, 4.69) is 20.7 Å². The molecular weight excluding hydrogens is 566 g/mol. The third kappa shape index (κ3) is 9.06. The molecule has 4 rings (SSSR count). The number of esters is 1. The van der Waals surface area contributed by atoms with Crippen molar-refractivity contribution in [3.8, 4) is 17.3 Å². The minimum atomic E-state index is -1.00. The zero-order valence-electron chi connectivity index (χ0n) is 25.7. The van der Waals surface area contributed by atoms with Gasteiger partial charge in [-0.2, -0.15) is 5.10 Å². The normalized spacial score (nSPS) is 13.9. The van der Waals surface area contributed by atoms with Crippen molar-refractivity contribution >= 4 is 18.0 Å². The first-order valence-electron chi connectivity index (χ1n) is 14.4. The molecule has 1 aromatic carbocycles. The molecule has 2 heterocycles. The summed E-state index contributed by atoms with van der Waals surface area (Å²) in [4.78, 5) is 42.9. The molecule has 234 valence electrons. The van der Waals surface area contributed by atoms with Gasteiger partial charge in [-0.15, -0.1) is 0 Å². The van der Waals surface area contributed by atoms with Crippen LogP contribution < -0.4 is 20.1 Å². The highest BCUT2D eigenvalue weighted by Crippen LogP contribution is 2.24. The van der Waals surface area contributed by atoms with E-state index in [0.717, 1.165) is 24.2 Å². The summed E-state index contributed by atoms with van der Waals surface area (Å²) < 4.78 is 22.9. The molecule has 2 amide bonds. The van der Waals surface area contributed by atoms with Gasteiger partial charge >= 0.3 is 12.1 Å². The van der Waals surface area contributed by atoms with Crippen LogP contribution in [0, 0.1) is 0 Å². The van der Waals surface area contributed by atoms with Crippen molar-refractivity contribution in [1.82, 2.24) is 25.4 Å². The number of carbonyl (C=O) groups excluding carboxylic acids is 3. The summed E-state index contributed by atoms with van der Waals surface area (Å²) >= 11 is 0. The fourth-order valence-corrected chi connectivity index (χ4v) is 4.59. The van der Waals surface area contributed by atoms with E-state index in [4.69, 9.17) is 18.9 Å². The Kier molecular flexibility index (Phi) is 10.6. The van der Waals surface area contributed by atoms with E-state index in [1.807, 2.05) is 24.3 Å². The van der Waals surface area contributed by atoms with Gasteiger partial charge in [-0.25, -0.2) is 19.3 Å². The number of allylic oxidation sites excluding steroid dienone is 1. The maximum atomic E-state index is 13.5. The maximum absolute atomic E-state index is 13.5. The lowest BCUT2D eigenvalue weighted by atomic mass is 9.95. The molecule has 1 aliphatic rings. The van der Waals surface area contributed by atoms with Crippen LogP contribution in [-0.4, -0.2) is 58.6 Å². The Morgan fingerprint density at radius 3 is 2.34 bits per heavy atom. The molecule has 0 saturated carbocycles. The van der Waals surface area contributed by atoms with Gasteiger partial charge < -0.3 is 29.6 Å². The van der Waals surface area contributed by atoms with Crippen LogP contribution in [0.4, 0.5) is 4.79 Å². The zero-order chi connectivity index (χ0) is 31.7. The van der Waals surface area contributed by atoms with Crippen molar-refractivity contribution in [2.24, 2.45) is 0 Å². The monoisotopic (exact) mass is 605 g/mol. The number of carbonyl (C=O) groups is 3. The van der Waals surface area contributed by atoms with E-state index in [0.29, 0.717) is 47.8 Å². The van der Waals surface area contributed by atoms with Crippen molar-refractivity contribution < 1.29 is 33.3 Å². The highest BCUT2D eigenvalue weighted by atomic mass is 16.6. The van der Waals surface area contributed by atoms with Crippen LogP contribution in [0.5, 0.6) is 11.5 Å². The number of hydrogen-bond acceptors (Lipinski definition) is 9. The first kappa shape index (κ1) is 32.1. The number of rotatable bonds is 11. The van der Waals surface area contributed by atoms with Gasteiger partial charge in [0.15, 0.2) is 5.82 Å². The van der Waals surface area contributed by atoms with E-state index >= 15 is 0 Å². The molecule has 12 nitrogen and oxygen atoms in total. The predicted molar refractivity (Wildman–Crippen MR) is 161 cm³/mol. The third-order valence-electron chi connectivity index (χ3n) is 6.78. The zero-order valence-corrected chi connectivity index (χ0v) is 25.7. The largest absolute Gasteiger partial charge is 0.497 e. The molecule has 0 aliphatic heterocycles. The average Bonchev–Trinajstić information content (AvgIpc) is 3.47. The molecule has 0 spiro atoms. The van der Waals surface area contributed by atoms with Crippen molar-refractivity contribution in [2.75, 3.05) is 14.2 Å². The van der Waals surface area contributed by atoms with Crippen molar-refractivity contribution in [2.45, 2.75) is 71.1 Å². The number of hydrogen-bond donors (Lipinski definition) is 2. The predicted octanol–water partition coefficient (Wildman–Crippen LogP) is 4.41.